The summed E-state index contributed by atoms with van der Waals surface area (Å²) in [4.78, 5) is 14.5. The van der Waals surface area contributed by atoms with Gasteiger partial charge in [-0.1, -0.05) is 18.2 Å². The zero-order chi connectivity index (χ0) is 11.7. The van der Waals surface area contributed by atoms with E-state index in [1.54, 1.807) is 0 Å². The van der Waals surface area contributed by atoms with Crippen molar-refractivity contribution in [3.8, 4) is 0 Å². The van der Waals surface area contributed by atoms with E-state index in [0.717, 1.165) is 12.1 Å². The summed E-state index contributed by atoms with van der Waals surface area (Å²) in [7, 11) is 0. The first-order chi connectivity index (χ1) is 8.33. The molecule has 0 spiro atoms. The number of nitrogens with zero attached hydrogens (tertiary/aromatic N) is 1. The van der Waals surface area contributed by atoms with Crippen LogP contribution in [0.25, 0.3) is 0 Å². The van der Waals surface area contributed by atoms with E-state index in [2.05, 4.69) is 10.2 Å². The van der Waals surface area contributed by atoms with Gasteiger partial charge in [0.05, 0.1) is 0 Å². The maximum atomic E-state index is 12.1. The highest BCUT2D eigenvalue weighted by molar-refractivity contribution is 5.94. The smallest absolute Gasteiger partial charge is 0.251 e. The molecule has 0 saturated carbocycles. The molecule has 4 rings (SSSR count). The summed E-state index contributed by atoms with van der Waals surface area (Å²) >= 11 is 0. The van der Waals surface area contributed by atoms with Crippen LogP contribution < -0.4 is 5.32 Å². The number of rotatable bonds is 2. The van der Waals surface area contributed by atoms with Crippen LogP contribution in [-0.2, 0) is 0 Å². The van der Waals surface area contributed by atoms with E-state index in [9.17, 15) is 4.79 Å². The molecule has 3 aliphatic heterocycles. The van der Waals surface area contributed by atoms with Crippen molar-refractivity contribution in [3.63, 3.8) is 0 Å². The molecule has 1 amide bonds. The van der Waals surface area contributed by atoms with Crippen molar-refractivity contribution in [2.24, 2.45) is 5.92 Å². The lowest BCUT2D eigenvalue weighted by atomic mass is 9.84. The fourth-order valence-electron chi connectivity index (χ4n) is 2.97. The molecule has 98 valence electrons. The quantitative estimate of drug-likeness (QED) is 0.887. The average molecular weight is 267 g/mol. The lowest BCUT2D eigenvalue weighted by Crippen LogP contribution is -2.57. The first-order valence-electron chi connectivity index (χ1n) is 6.41. The summed E-state index contributed by atoms with van der Waals surface area (Å²) < 4.78 is 0. The number of hydrogen-bond acceptors (Lipinski definition) is 2. The first-order valence-corrected chi connectivity index (χ1v) is 6.41. The second-order valence-electron chi connectivity index (χ2n) is 5.08. The van der Waals surface area contributed by atoms with Gasteiger partial charge in [0.15, 0.2) is 0 Å². The molecule has 0 radical (unpaired) electrons. The van der Waals surface area contributed by atoms with Gasteiger partial charge in [0.1, 0.15) is 0 Å². The molecule has 18 heavy (non-hydrogen) atoms. The molecular weight excluding hydrogens is 248 g/mol. The monoisotopic (exact) mass is 266 g/mol. The fourth-order valence-corrected chi connectivity index (χ4v) is 2.97. The largest absolute Gasteiger partial charge is 0.348 e. The number of piperidine rings is 3. The normalized spacial score (nSPS) is 29.4. The highest BCUT2D eigenvalue weighted by atomic mass is 35.5. The Bertz CT molecular complexity index is 402. The Morgan fingerprint density at radius 3 is 2.39 bits per heavy atom. The molecule has 0 aliphatic carbocycles. The van der Waals surface area contributed by atoms with Crippen molar-refractivity contribution in [2.75, 3.05) is 19.6 Å². The second-order valence-corrected chi connectivity index (χ2v) is 5.08. The number of benzene rings is 1. The van der Waals surface area contributed by atoms with Gasteiger partial charge in [-0.25, -0.2) is 0 Å². The Kier molecular flexibility index (Phi) is 4.25. The van der Waals surface area contributed by atoms with Gasteiger partial charge in [-0.3, -0.25) is 4.79 Å². The number of hydrogen-bond donors (Lipinski definition) is 1. The van der Waals surface area contributed by atoms with Crippen LogP contribution in [0.3, 0.4) is 0 Å². The van der Waals surface area contributed by atoms with Crippen LogP contribution >= 0.6 is 12.4 Å². The van der Waals surface area contributed by atoms with Crippen LogP contribution in [0.1, 0.15) is 23.2 Å². The number of nitrogens with one attached hydrogen (secondary N) is 1. The van der Waals surface area contributed by atoms with Gasteiger partial charge >= 0.3 is 0 Å². The zero-order valence-electron chi connectivity index (χ0n) is 10.3. The molecule has 1 aromatic rings. The number of halogens is 1. The molecule has 3 saturated heterocycles. The van der Waals surface area contributed by atoms with E-state index in [1.165, 1.54) is 25.9 Å². The van der Waals surface area contributed by atoms with Crippen LogP contribution in [0.4, 0.5) is 0 Å². The predicted octanol–water partition coefficient (Wildman–Crippen LogP) is 1.93. The van der Waals surface area contributed by atoms with Gasteiger partial charge in [0, 0.05) is 18.2 Å². The van der Waals surface area contributed by atoms with Crippen LogP contribution in [-0.4, -0.2) is 36.5 Å². The standard InChI is InChI=1S/C14H18N2O.ClH/c17-14(12-4-2-1-3-5-12)15-13-10-16-8-6-11(13)7-9-16;/h1-5,11,13H,6-10H2,(H,15,17);1H/t13-;/m0./s1. The summed E-state index contributed by atoms with van der Waals surface area (Å²) in [5, 5.41) is 3.19. The van der Waals surface area contributed by atoms with Crippen molar-refractivity contribution in [2.45, 2.75) is 18.9 Å². The van der Waals surface area contributed by atoms with E-state index in [-0.39, 0.29) is 18.3 Å². The molecule has 4 heteroatoms. The molecule has 3 nitrogen and oxygen atoms in total. The molecule has 3 heterocycles. The summed E-state index contributed by atoms with van der Waals surface area (Å²) in [6.45, 7) is 3.45. The molecule has 1 atom stereocenters. The Morgan fingerprint density at radius 2 is 1.83 bits per heavy atom. The predicted molar refractivity (Wildman–Crippen MR) is 74.1 cm³/mol. The molecule has 0 unspecified atom stereocenters. The van der Waals surface area contributed by atoms with Gasteiger partial charge in [0.25, 0.3) is 5.91 Å². The van der Waals surface area contributed by atoms with Crippen LogP contribution in [0.2, 0.25) is 0 Å². The SMILES string of the molecule is Cl.O=C(N[C@H]1CN2CCC1CC2)c1ccccc1. The Morgan fingerprint density at radius 1 is 1.17 bits per heavy atom. The molecule has 2 bridgehead atoms. The lowest BCUT2D eigenvalue weighted by molar-refractivity contribution is 0.0620. The number of fused-ring (bicyclic) bond motifs is 3. The van der Waals surface area contributed by atoms with Crippen molar-refractivity contribution in [1.29, 1.82) is 0 Å². The van der Waals surface area contributed by atoms with E-state index in [0.29, 0.717) is 12.0 Å². The van der Waals surface area contributed by atoms with Crippen molar-refractivity contribution >= 4 is 18.3 Å². The molecule has 1 N–H and O–H groups in total. The Hall–Kier alpha value is -1.06. The van der Waals surface area contributed by atoms with Crippen molar-refractivity contribution in [1.82, 2.24) is 10.2 Å². The topological polar surface area (TPSA) is 32.3 Å². The van der Waals surface area contributed by atoms with Crippen LogP contribution in [0.15, 0.2) is 30.3 Å². The van der Waals surface area contributed by atoms with Gasteiger partial charge in [-0.2, -0.15) is 0 Å². The summed E-state index contributed by atoms with van der Waals surface area (Å²) in [5.41, 5.74) is 0.768. The molecule has 0 aromatic heterocycles. The van der Waals surface area contributed by atoms with Gasteiger partial charge in [-0.15, -0.1) is 12.4 Å². The van der Waals surface area contributed by atoms with E-state index < -0.39 is 0 Å². The molecule has 3 aliphatic rings. The minimum absolute atomic E-state index is 0. The zero-order valence-corrected chi connectivity index (χ0v) is 11.2. The second kappa shape index (κ2) is 5.72. The third kappa shape index (κ3) is 2.68. The maximum Gasteiger partial charge on any atom is 0.251 e. The number of carbonyl (C=O) groups is 1. The Labute approximate surface area is 114 Å². The lowest BCUT2D eigenvalue weighted by Gasteiger charge is -2.44. The maximum absolute atomic E-state index is 12.1. The third-order valence-corrected chi connectivity index (χ3v) is 4.01. The van der Waals surface area contributed by atoms with Crippen molar-refractivity contribution in [3.05, 3.63) is 35.9 Å². The molecular formula is C14H19ClN2O. The third-order valence-electron chi connectivity index (χ3n) is 4.01. The van der Waals surface area contributed by atoms with E-state index in [4.69, 9.17) is 0 Å². The highest BCUT2D eigenvalue weighted by Gasteiger charge is 2.34. The molecule has 1 aromatic carbocycles. The molecule has 3 fully saturated rings. The highest BCUT2D eigenvalue weighted by Crippen LogP contribution is 2.27. The van der Waals surface area contributed by atoms with Gasteiger partial charge in [-0.05, 0) is 44.0 Å². The summed E-state index contributed by atoms with van der Waals surface area (Å²) in [6, 6.07) is 9.85. The Balaban J connectivity index is 0.00000120. The number of amides is 1. The van der Waals surface area contributed by atoms with E-state index in [1.807, 2.05) is 30.3 Å². The fraction of sp³-hybridized carbons (Fsp3) is 0.500. The van der Waals surface area contributed by atoms with E-state index >= 15 is 0 Å². The number of carbonyl (C=O) groups excluding carboxylic acids is 1. The van der Waals surface area contributed by atoms with Crippen molar-refractivity contribution < 1.29 is 4.79 Å². The average Bonchev–Trinajstić information content (AvgIpc) is 2.41. The van der Waals surface area contributed by atoms with Crippen LogP contribution in [0, 0.1) is 5.92 Å². The summed E-state index contributed by atoms with van der Waals surface area (Å²) in [5.74, 6) is 0.761. The van der Waals surface area contributed by atoms with Gasteiger partial charge < -0.3 is 10.2 Å². The summed E-state index contributed by atoms with van der Waals surface area (Å²) in [6.07, 6.45) is 2.47. The minimum Gasteiger partial charge on any atom is -0.348 e. The van der Waals surface area contributed by atoms with Gasteiger partial charge in [0.2, 0.25) is 0 Å². The minimum atomic E-state index is 0. The van der Waals surface area contributed by atoms with Crippen LogP contribution in [0.5, 0.6) is 0 Å². The first kappa shape index (κ1) is 13.4.